The highest BCUT2D eigenvalue weighted by Crippen LogP contribution is 2.35. The first-order valence-corrected chi connectivity index (χ1v) is 6.72. The lowest BCUT2D eigenvalue weighted by molar-refractivity contribution is -0.125. The second-order valence-electron chi connectivity index (χ2n) is 3.93. The number of nitrogens with one attached hydrogen (secondary N) is 1. The zero-order chi connectivity index (χ0) is 13.9. The molecule has 1 unspecified atom stereocenters. The molecule has 0 bridgehead atoms. The highest BCUT2D eigenvalue weighted by molar-refractivity contribution is 7.46. The van der Waals surface area contributed by atoms with Gasteiger partial charge in [0.1, 0.15) is 0 Å². The van der Waals surface area contributed by atoms with Crippen molar-refractivity contribution in [1.29, 1.82) is 5.41 Å². The van der Waals surface area contributed by atoms with Gasteiger partial charge in [-0.15, -0.1) is 0 Å². The molecular formula is C8H16N3O6P. The molecule has 10 heteroatoms. The first kappa shape index (κ1) is 15.1. The Bertz CT molecular complexity index is 383. The third-order valence-electron chi connectivity index (χ3n) is 2.41. The number of hydrogen-bond acceptors (Lipinski definition) is 5. The number of carbonyl (C=O) groups is 1. The molecule has 1 amide bonds. The Hall–Kier alpha value is -0.990. The van der Waals surface area contributed by atoms with E-state index in [9.17, 15) is 14.5 Å². The summed E-state index contributed by atoms with van der Waals surface area (Å²) in [5.41, 5.74) is 0. The largest absolute Gasteiger partial charge is 0.469 e. The molecule has 9 nitrogen and oxygen atoms in total. The lowest BCUT2D eigenvalue weighted by Gasteiger charge is -2.26. The fraction of sp³-hybridized carbons (Fsp3) is 0.750. The van der Waals surface area contributed by atoms with Gasteiger partial charge in [-0.1, -0.05) is 0 Å². The summed E-state index contributed by atoms with van der Waals surface area (Å²) < 4.78 is 14.7. The highest BCUT2D eigenvalue weighted by atomic mass is 31.2. The minimum Gasteiger partial charge on any atom is -0.391 e. The molecule has 0 aliphatic carbocycles. The van der Waals surface area contributed by atoms with Gasteiger partial charge >= 0.3 is 7.82 Å². The van der Waals surface area contributed by atoms with E-state index >= 15 is 0 Å². The van der Waals surface area contributed by atoms with E-state index in [1.54, 1.807) is 0 Å². The van der Waals surface area contributed by atoms with Crippen LogP contribution in [-0.4, -0.2) is 69.4 Å². The molecule has 0 saturated carbocycles. The number of phosphoric ester groups is 1. The van der Waals surface area contributed by atoms with Gasteiger partial charge in [0.15, 0.2) is 5.96 Å². The van der Waals surface area contributed by atoms with Crippen molar-refractivity contribution in [1.82, 2.24) is 9.80 Å². The summed E-state index contributed by atoms with van der Waals surface area (Å²) in [5, 5.41) is 17.0. The number of carbonyl (C=O) groups excluding carboxylic acids is 1. The van der Waals surface area contributed by atoms with Crippen molar-refractivity contribution in [2.24, 2.45) is 0 Å². The van der Waals surface area contributed by atoms with E-state index < -0.39 is 13.9 Å². The number of aliphatic hydroxyl groups excluding tert-OH is 1. The van der Waals surface area contributed by atoms with Gasteiger partial charge in [0.05, 0.1) is 25.7 Å². The molecule has 1 fully saturated rings. The van der Waals surface area contributed by atoms with Crippen LogP contribution < -0.4 is 0 Å². The smallest absolute Gasteiger partial charge is 0.391 e. The van der Waals surface area contributed by atoms with E-state index in [0.717, 1.165) is 4.90 Å². The summed E-state index contributed by atoms with van der Waals surface area (Å²) in [6.07, 6.45) is -0.799. The van der Waals surface area contributed by atoms with Crippen LogP contribution in [0.2, 0.25) is 0 Å². The van der Waals surface area contributed by atoms with E-state index in [0.29, 0.717) is 0 Å². The molecule has 1 atom stereocenters. The fourth-order valence-electron chi connectivity index (χ4n) is 1.50. The van der Waals surface area contributed by atoms with Crippen molar-refractivity contribution in [3.05, 3.63) is 0 Å². The Balaban J connectivity index is 2.42. The predicted octanol–water partition coefficient (Wildman–Crippen LogP) is -1.44. The quantitative estimate of drug-likeness (QED) is 0.281. The van der Waals surface area contributed by atoms with Crippen molar-refractivity contribution in [3.63, 3.8) is 0 Å². The molecular weight excluding hydrogens is 265 g/mol. The Morgan fingerprint density at radius 1 is 1.67 bits per heavy atom. The average molecular weight is 281 g/mol. The molecule has 1 aliphatic heterocycles. The molecule has 0 aromatic heterocycles. The number of phosphoric acid groups is 1. The van der Waals surface area contributed by atoms with Crippen molar-refractivity contribution < 1.29 is 28.8 Å². The first-order valence-electron chi connectivity index (χ1n) is 5.19. The van der Waals surface area contributed by atoms with Crippen LogP contribution in [0.5, 0.6) is 0 Å². The van der Waals surface area contributed by atoms with E-state index in [1.807, 2.05) is 0 Å². The summed E-state index contributed by atoms with van der Waals surface area (Å²) in [4.78, 5) is 30.8. The SMILES string of the molecule is CN(CCOP(=O)(O)O)C(=N)N1CC(O)CC1=O. The van der Waals surface area contributed by atoms with E-state index in [1.165, 1.54) is 11.9 Å². The third kappa shape index (κ3) is 4.35. The maximum atomic E-state index is 11.4. The maximum Gasteiger partial charge on any atom is 0.469 e. The minimum atomic E-state index is -4.52. The number of hydrogen-bond donors (Lipinski definition) is 4. The van der Waals surface area contributed by atoms with Gasteiger partial charge < -0.3 is 19.8 Å². The predicted molar refractivity (Wildman–Crippen MR) is 60.7 cm³/mol. The number of aliphatic hydroxyl groups is 1. The summed E-state index contributed by atoms with van der Waals surface area (Å²) in [6.45, 7) is -0.168. The van der Waals surface area contributed by atoms with Crippen LogP contribution in [-0.2, 0) is 13.9 Å². The maximum absolute atomic E-state index is 11.4. The average Bonchev–Trinajstić information content (AvgIpc) is 2.54. The molecule has 1 saturated heterocycles. The number of likely N-dealkylation sites (tertiary alicyclic amines) is 1. The van der Waals surface area contributed by atoms with E-state index in [-0.39, 0.29) is 38.0 Å². The van der Waals surface area contributed by atoms with E-state index in [2.05, 4.69) is 4.52 Å². The number of β-amino-alcohol motifs (C(OH)–C–C–N with tert-alkyl or cyclic N) is 1. The normalized spacial score (nSPS) is 20.3. The van der Waals surface area contributed by atoms with Crippen LogP contribution in [0.15, 0.2) is 0 Å². The molecule has 0 aromatic carbocycles. The van der Waals surface area contributed by atoms with Crippen LogP contribution in [0.25, 0.3) is 0 Å². The molecule has 1 aliphatic rings. The summed E-state index contributed by atoms with van der Waals surface area (Å²) in [7, 11) is -3.03. The number of guanidine groups is 1. The van der Waals surface area contributed by atoms with Crippen LogP contribution in [0.3, 0.4) is 0 Å². The standard InChI is InChI=1S/C8H16N3O6P/c1-10(2-3-17-18(14,15)16)8(9)11-5-6(12)4-7(11)13/h6,9,12H,2-5H2,1H3,(H2,14,15,16). The number of rotatable bonds is 4. The lowest BCUT2D eigenvalue weighted by atomic mass is 10.3. The molecule has 0 aromatic rings. The molecule has 0 spiro atoms. The fourth-order valence-corrected chi connectivity index (χ4v) is 1.82. The van der Waals surface area contributed by atoms with Gasteiger partial charge in [0.2, 0.25) is 5.91 Å². The number of amides is 1. The zero-order valence-corrected chi connectivity index (χ0v) is 10.7. The first-order chi connectivity index (χ1) is 8.20. The molecule has 18 heavy (non-hydrogen) atoms. The van der Waals surface area contributed by atoms with Crippen LogP contribution in [0, 0.1) is 5.41 Å². The lowest BCUT2D eigenvalue weighted by Crippen LogP contribution is -2.44. The van der Waals surface area contributed by atoms with Gasteiger partial charge in [-0.05, 0) is 0 Å². The Labute approximate surface area is 104 Å². The van der Waals surface area contributed by atoms with Gasteiger partial charge in [0, 0.05) is 13.6 Å². The monoisotopic (exact) mass is 281 g/mol. The van der Waals surface area contributed by atoms with E-state index in [4.69, 9.17) is 15.2 Å². The Kier molecular flexibility index (Phi) is 4.83. The van der Waals surface area contributed by atoms with Crippen molar-refractivity contribution in [2.45, 2.75) is 12.5 Å². The van der Waals surface area contributed by atoms with Crippen LogP contribution in [0.1, 0.15) is 6.42 Å². The van der Waals surface area contributed by atoms with Gasteiger partial charge in [0.25, 0.3) is 0 Å². The van der Waals surface area contributed by atoms with Gasteiger partial charge in [-0.3, -0.25) is 19.6 Å². The summed E-state index contributed by atoms with van der Waals surface area (Å²) >= 11 is 0. The topological polar surface area (TPSA) is 134 Å². The number of likely N-dealkylation sites (N-methyl/N-ethyl adjacent to an activating group) is 1. The Morgan fingerprint density at radius 3 is 2.72 bits per heavy atom. The Morgan fingerprint density at radius 2 is 2.28 bits per heavy atom. The third-order valence-corrected chi connectivity index (χ3v) is 2.93. The second-order valence-corrected chi connectivity index (χ2v) is 5.17. The summed E-state index contributed by atoms with van der Waals surface area (Å²) in [6, 6.07) is 0. The van der Waals surface area contributed by atoms with Gasteiger partial charge in [-0.25, -0.2) is 4.57 Å². The highest BCUT2D eigenvalue weighted by Gasteiger charge is 2.32. The van der Waals surface area contributed by atoms with Crippen molar-refractivity contribution >= 4 is 19.7 Å². The minimum absolute atomic E-state index is 0.0186. The van der Waals surface area contributed by atoms with Crippen molar-refractivity contribution in [2.75, 3.05) is 26.7 Å². The molecule has 1 rings (SSSR count). The second kappa shape index (κ2) is 5.77. The summed E-state index contributed by atoms with van der Waals surface area (Å²) in [5.74, 6) is -0.485. The van der Waals surface area contributed by atoms with Crippen LogP contribution >= 0.6 is 7.82 Å². The van der Waals surface area contributed by atoms with Gasteiger partial charge in [-0.2, -0.15) is 0 Å². The van der Waals surface area contributed by atoms with Crippen LogP contribution in [0.4, 0.5) is 0 Å². The number of nitrogens with zero attached hydrogens (tertiary/aromatic N) is 2. The molecule has 4 N–H and O–H groups in total. The molecule has 0 radical (unpaired) electrons. The molecule has 1 heterocycles. The molecule has 104 valence electrons. The van der Waals surface area contributed by atoms with Crippen molar-refractivity contribution in [3.8, 4) is 0 Å². The zero-order valence-electron chi connectivity index (χ0n) is 9.81.